The first-order valence-corrected chi connectivity index (χ1v) is 5.46. The van der Waals surface area contributed by atoms with Crippen molar-refractivity contribution in [2.45, 2.75) is 57.5 Å². The average Bonchev–Trinajstić information content (AvgIpc) is 2.71. The quantitative estimate of drug-likeness (QED) is 0.597. The topological polar surface area (TPSA) is 20.2 Å². The van der Waals surface area contributed by atoms with E-state index in [4.69, 9.17) is 0 Å². The van der Waals surface area contributed by atoms with Crippen molar-refractivity contribution in [2.24, 2.45) is 11.8 Å². The summed E-state index contributed by atoms with van der Waals surface area (Å²) in [7, 11) is 0. The molecule has 0 saturated heterocycles. The van der Waals surface area contributed by atoms with Gasteiger partial charge in [0, 0.05) is 0 Å². The first-order valence-electron chi connectivity index (χ1n) is 5.46. The molecular formula is C11H20O. The first kappa shape index (κ1) is 8.55. The van der Waals surface area contributed by atoms with Gasteiger partial charge in [-0.05, 0) is 31.1 Å². The summed E-state index contributed by atoms with van der Waals surface area (Å²) in [5, 5.41) is 10.1. The molecule has 0 spiro atoms. The Morgan fingerprint density at radius 3 is 2.00 bits per heavy atom. The van der Waals surface area contributed by atoms with E-state index in [9.17, 15) is 5.11 Å². The van der Waals surface area contributed by atoms with Crippen molar-refractivity contribution in [3.8, 4) is 0 Å². The van der Waals surface area contributed by atoms with Gasteiger partial charge in [0.05, 0.1) is 5.60 Å². The zero-order chi connectivity index (χ0) is 8.60. The molecule has 0 radical (unpaired) electrons. The van der Waals surface area contributed by atoms with Crippen molar-refractivity contribution in [1.82, 2.24) is 0 Å². The van der Waals surface area contributed by atoms with Gasteiger partial charge in [0.15, 0.2) is 0 Å². The molecule has 1 heteroatoms. The minimum atomic E-state index is -0.232. The molecule has 0 heterocycles. The molecule has 2 atom stereocenters. The largest absolute Gasteiger partial charge is 0.389 e. The summed E-state index contributed by atoms with van der Waals surface area (Å²) >= 11 is 0. The highest BCUT2D eigenvalue weighted by Crippen LogP contribution is 2.52. The van der Waals surface area contributed by atoms with E-state index in [1.807, 2.05) is 0 Å². The van der Waals surface area contributed by atoms with E-state index >= 15 is 0 Å². The Hall–Kier alpha value is -0.0400. The summed E-state index contributed by atoms with van der Waals surface area (Å²) in [4.78, 5) is 0. The molecule has 70 valence electrons. The molecule has 2 fully saturated rings. The first-order chi connectivity index (χ1) is 5.73. The van der Waals surface area contributed by atoms with E-state index in [1.165, 1.54) is 38.5 Å². The fraction of sp³-hybridized carbons (Fsp3) is 1.00. The summed E-state index contributed by atoms with van der Waals surface area (Å²) in [5.41, 5.74) is -0.232. The molecule has 0 aromatic rings. The van der Waals surface area contributed by atoms with E-state index in [1.54, 1.807) is 0 Å². The number of hydrogen-bond acceptors (Lipinski definition) is 1. The fourth-order valence-electron chi connectivity index (χ4n) is 2.78. The standard InChI is InChI=1S/C11H20O/c1-9-8-11(9,12)10-6-4-2-3-5-7-10/h9-10,12H,2-8H2,1H3. The molecule has 2 rings (SSSR count). The molecular weight excluding hydrogens is 148 g/mol. The van der Waals surface area contributed by atoms with Crippen LogP contribution in [0, 0.1) is 11.8 Å². The van der Waals surface area contributed by atoms with Gasteiger partial charge in [0.25, 0.3) is 0 Å². The molecule has 0 aromatic heterocycles. The Bertz CT molecular complexity index is 158. The highest BCUT2D eigenvalue weighted by molar-refractivity contribution is 5.05. The third-order valence-electron chi connectivity index (χ3n) is 3.89. The van der Waals surface area contributed by atoms with Crippen LogP contribution in [0.25, 0.3) is 0 Å². The number of hydrogen-bond donors (Lipinski definition) is 1. The molecule has 2 aliphatic carbocycles. The van der Waals surface area contributed by atoms with E-state index < -0.39 is 0 Å². The van der Waals surface area contributed by atoms with E-state index in [2.05, 4.69) is 6.92 Å². The molecule has 1 N–H and O–H groups in total. The van der Waals surface area contributed by atoms with Crippen molar-refractivity contribution < 1.29 is 5.11 Å². The fourth-order valence-corrected chi connectivity index (χ4v) is 2.78. The maximum absolute atomic E-state index is 10.1. The number of aliphatic hydroxyl groups is 1. The van der Waals surface area contributed by atoms with Gasteiger partial charge in [0.1, 0.15) is 0 Å². The highest BCUT2D eigenvalue weighted by Gasteiger charge is 2.54. The molecule has 2 aliphatic rings. The monoisotopic (exact) mass is 168 g/mol. The molecule has 0 aromatic carbocycles. The van der Waals surface area contributed by atoms with Gasteiger partial charge in [-0.15, -0.1) is 0 Å². The molecule has 0 amide bonds. The van der Waals surface area contributed by atoms with Gasteiger partial charge in [0.2, 0.25) is 0 Å². The Labute approximate surface area is 75.2 Å². The molecule has 12 heavy (non-hydrogen) atoms. The van der Waals surface area contributed by atoms with Crippen molar-refractivity contribution in [3.63, 3.8) is 0 Å². The summed E-state index contributed by atoms with van der Waals surface area (Å²) < 4.78 is 0. The van der Waals surface area contributed by atoms with Gasteiger partial charge < -0.3 is 5.11 Å². The van der Waals surface area contributed by atoms with Gasteiger partial charge >= 0.3 is 0 Å². The van der Waals surface area contributed by atoms with Gasteiger partial charge in [-0.3, -0.25) is 0 Å². The van der Waals surface area contributed by atoms with E-state index in [0.29, 0.717) is 11.8 Å². The van der Waals surface area contributed by atoms with Crippen LogP contribution in [0.4, 0.5) is 0 Å². The lowest BCUT2D eigenvalue weighted by molar-refractivity contribution is 0.0594. The van der Waals surface area contributed by atoms with Crippen LogP contribution >= 0.6 is 0 Å². The van der Waals surface area contributed by atoms with Crippen molar-refractivity contribution >= 4 is 0 Å². The van der Waals surface area contributed by atoms with Gasteiger partial charge in [-0.25, -0.2) is 0 Å². The Kier molecular flexibility index (Phi) is 2.16. The lowest BCUT2D eigenvalue weighted by Gasteiger charge is -2.21. The van der Waals surface area contributed by atoms with Crippen LogP contribution in [0.2, 0.25) is 0 Å². The van der Waals surface area contributed by atoms with Crippen molar-refractivity contribution in [3.05, 3.63) is 0 Å². The Balaban J connectivity index is 1.93. The predicted molar refractivity (Wildman–Crippen MR) is 49.9 cm³/mol. The maximum Gasteiger partial charge on any atom is 0.0705 e. The third kappa shape index (κ3) is 1.39. The Morgan fingerprint density at radius 1 is 1.08 bits per heavy atom. The van der Waals surface area contributed by atoms with Crippen molar-refractivity contribution in [1.29, 1.82) is 0 Å². The van der Waals surface area contributed by atoms with Crippen LogP contribution in [-0.2, 0) is 0 Å². The molecule has 1 nitrogen and oxygen atoms in total. The third-order valence-corrected chi connectivity index (χ3v) is 3.89. The summed E-state index contributed by atoms with van der Waals surface area (Å²) in [6.07, 6.45) is 9.10. The lowest BCUT2D eigenvalue weighted by Crippen LogP contribution is -2.23. The molecule has 2 unspecified atom stereocenters. The van der Waals surface area contributed by atoms with Crippen molar-refractivity contribution in [2.75, 3.05) is 0 Å². The second-order valence-corrected chi connectivity index (χ2v) is 4.78. The van der Waals surface area contributed by atoms with Crippen LogP contribution in [0.3, 0.4) is 0 Å². The number of rotatable bonds is 1. The SMILES string of the molecule is CC1CC1(O)C1CCCCCC1. The normalized spacial score (nSPS) is 44.0. The van der Waals surface area contributed by atoms with Gasteiger partial charge in [-0.2, -0.15) is 0 Å². The maximum atomic E-state index is 10.1. The smallest absolute Gasteiger partial charge is 0.0705 e. The minimum absolute atomic E-state index is 0.232. The second kappa shape index (κ2) is 3.02. The van der Waals surface area contributed by atoms with Gasteiger partial charge in [-0.1, -0.05) is 32.6 Å². The van der Waals surface area contributed by atoms with Crippen LogP contribution in [0.1, 0.15) is 51.9 Å². The molecule has 0 aliphatic heterocycles. The zero-order valence-electron chi connectivity index (χ0n) is 8.05. The summed E-state index contributed by atoms with van der Waals surface area (Å²) in [6, 6.07) is 0. The summed E-state index contributed by atoms with van der Waals surface area (Å²) in [6.45, 7) is 2.19. The van der Waals surface area contributed by atoms with E-state index in [-0.39, 0.29) is 5.60 Å². The van der Waals surface area contributed by atoms with Crippen LogP contribution in [0.15, 0.2) is 0 Å². The lowest BCUT2D eigenvalue weighted by atomic mass is 9.91. The second-order valence-electron chi connectivity index (χ2n) is 4.78. The highest BCUT2D eigenvalue weighted by atomic mass is 16.3. The zero-order valence-corrected chi connectivity index (χ0v) is 8.05. The van der Waals surface area contributed by atoms with E-state index in [0.717, 1.165) is 6.42 Å². The average molecular weight is 168 g/mol. The molecule has 2 saturated carbocycles. The van der Waals surface area contributed by atoms with Crippen LogP contribution in [0.5, 0.6) is 0 Å². The molecule has 0 bridgehead atoms. The van der Waals surface area contributed by atoms with Crippen LogP contribution < -0.4 is 0 Å². The summed E-state index contributed by atoms with van der Waals surface area (Å²) in [5.74, 6) is 1.22. The predicted octanol–water partition coefficient (Wildman–Crippen LogP) is 2.73. The Morgan fingerprint density at radius 2 is 1.58 bits per heavy atom. The minimum Gasteiger partial charge on any atom is -0.389 e. The van der Waals surface area contributed by atoms with Crippen LogP contribution in [-0.4, -0.2) is 10.7 Å².